The Morgan fingerprint density at radius 2 is 2.39 bits per heavy atom. The van der Waals surface area contributed by atoms with Gasteiger partial charge in [0.05, 0.1) is 18.9 Å². The van der Waals surface area contributed by atoms with E-state index in [4.69, 9.17) is 10.5 Å². The molecule has 1 saturated heterocycles. The van der Waals surface area contributed by atoms with E-state index in [0.29, 0.717) is 25.2 Å². The molecule has 3 heterocycles. The van der Waals surface area contributed by atoms with Gasteiger partial charge in [-0.15, -0.1) is 0 Å². The Balaban J connectivity index is 2.02. The van der Waals surface area contributed by atoms with E-state index in [2.05, 4.69) is 15.0 Å². The molecule has 1 aliphatic heterocycles. The van der Waals surface area contributed by atoms with E-state index in [9.17, 15) is 9.59 Å². The Hall–Kier alpha value is -2.38. The third-order valence-electron chi connectivity index (χ3n) is 2.95. The molecule has 0 radical (unpaired) electrons. The molecule has 8 heteroatoms. The molecule has 8 nitrogen and oxygen atoms in total. The van der Waals surface area contributed by atoms with Gasteiger partial charge in [-0.3, -0.25) is 14.6 Å². The number of hydrogen-bond donors (Lipinski definition) is 2. The number of esters is 1. The molecular weight excluding hydrogens is 238 g/mol. The number of nitrogen functional groups attached to an aromatic ring is 1. The standard InChI is InChI=1S/C10H11N5O3/c11-10-13-7-6(8(16)14-10)12-4-15(7)3-5-1-2-18-9(5)17/h4-5H,1-3H2,(H3,11,13,14,16). The van der Waals surface area contributed by atoms with Gasteiger partial charge in [0, 0.05) is 6.54 Å². The van der Waals surface area contributed by atoms with E-state index >= 15 is 0 Å². The second-order valence-electron chi connectivity index (χ2n) is 4.17. The van der Waals surface area contributed by atoms with Gasteiger partial charge in [-0.1, -0.05) is 0 Å². The summed E-state index contributed by atoms with van der Waals surface area (Å²) in [5, 5.41) is 0. The van der Waals surface area contributed by atoms with Gasteiger partial charge in [0.1, 0.15) is 0 Å². The third kappa shape index (κ3) is 1.62. The molecule has 1 aliphatic rings. The summed E-state index contributed by atoms with van der Waals surface area (Å²) in [7, 11) is 0. The minimum absolute atomic E-state index is 0.0308. The molecule has 1 unspecified atom stereocenters. The van der Waals surface area contributed by atoms with Crippen molar-refractivity contribution >= 4 is 23.1 Å². The van der Waals surface area contributed by atoms with E-state index in [0.717, 1.165) is 0 Å². The van der Waals surface area contributed by atoms with Crippen molar-refractivity contribution in [2.75, 3.05) is 12.3 Å². The summed E-state index contributed by atoms with van der Waals surface area (Å²) in [5.74, 6) is -0.414. The maximum absolute atomic E-state index is 11.6. The number of H-pyrrole nitrogens is 1. The number of cyclic esters (lactones) is 1. The first-order valence-electron chi connectivity index (χ1n) is 5.52. The SMILES string of the molecule is Nc1nc2c(ncn2CC2CCOC2=O)c(=O)[nH]1. The van der Waals surface area contributed by atoms with Crippen LogP contribution in [0.15, 0.2) is 11.1 Å². The highest BCUT2D eigenvalue weighted by atomic mass is 16.5. The van der Waals surface area contributed by atoms with Gasteiger partial charge in [0.15, 0.2) is 11.2 Å². The van der Waals surface area contributed by atoms with Crippen molar-refractivity contribution in [2.24, 2.45) is 5.92 Å². The molecule has 2 aromatic rings. The second kappa shape index (κ2) is 3.83. The Morgan fingerprint density at radius 1 is 1.56 bits per heavy atom. The van der Waals surface area contributed by atoms with Crippen molar-refractivity contribution in [3.8, 4) is 0 Å². The van der Waals surface area contributed by atoms with Crippen LogP contribution in [0, 0.1) is 5.92 Å². The van der Waals surface area contributed by atoms with E-state index in [1.165, 1.54) is 6.33 Å². The summed E-state index contributed by atoms with van der Waals surface area (Å²) in [4.78, 5) is 33.4. The molecule has 18 heavy (non-hydrogen) atoms. The average Bonchev–Trinajstić information content (AvgIpc) is 2.88. The minimum atomic E-state index is -0.384. The summed E-state index contributed by atoms with van der Waals surface area (Å²) in [6.45, 7) is 0.831. The smallest absolute Gasteiger partial charge is 0.310 e. The second-order valence-corrected chi connectivity index (χ2v) is 4.17. The van der Waals surface area contributed by atoms with Crippen LogP contribution < -0.4 is 11.3 Å². The zero-order valence-corrected chi connectivity index (χ0v) is 9.42. The molecule has 0 amide bonds. The van der Waals surface area contributed by atoms with Crippen LogP contribution in [0.25, 0.3) is 11.2 Å². The van der Waals surface area contributed by atoms with Crippen molar-refractivity contribution in [2.45, 2.75) is 13.0 Å². The zero-order chi connectivity index (χ0) is 12.7. The van der Waals surface area contributed by atoms with Crippen molar-refractivity contribution in [1.29, 1.82) is 0 Å². The number of carbonyl (C=O) groups excluding carboxylic acids is 1. The first kappa shape index (κ1) is 10.8. The van der Waals surface area contributed by atoms with Gasteiger partial charge < -0.3 is 15.0 Å². The van der Waals surface area contributed by atoms with Crippen LogP contribution >= 0.6 is 0 Å². The Kier molecular flexibility index (Phi) is 2.29. The van der Waals surface area contributed by atoms with Crippen LogP contribution in [0.5, 0.6) is 0 Å². The summed E-state index contributed by atoms with van der Waals surface area (Å²) in [6.07, 6.45) is 2.15. The van der Waals surface area contributed by atoms with Gasteiger partial charge in [0.2, 0.25) is 5.95 Å². The maximum Gasteiger partial charge on any atom is 0.310 e. The number of ether oxygens (including phenoxy) is 1. The predicted molar refractivity (Wildman–Crippen MR) is 61.6 cm³/mol. The summed E-state index contributed by atoms with van der Waals surface area (Å²) in [6, 6.07) is 0. The highest BCUT2D eigenvalue weighted by molar-refractivity contribution is 5.75. The van der Waals surface area contributed by atoms with E-state index in [1.54, 1.807) is 4.57 Å². The van der Waals surface area contributed by atoms with E-state index in [-0.39, 0.29) is 28.9 Å². The number of nitrogens with one attached hydrogen (secondary N) is 1. The third-order valence-corrected chi connectivity index (χ3v) is 2.95. The highest BCUT2D eigenvalue weighted by Gasteiger charge is 2.27. The zero-order valence-electron chi connectivity index (χ0n) is 9.42. The molecule has 94 valence electrons. The number of carbonyl (C=O) groups is 1. The van der Waals surface area contributed by atoms with Gasteiger partial charge in [-0.05, 0) is 6.42 Å². The Labute approximate surface area is 101 Å². The fraction of sp³-hybridized carbons (Fsp3) is 0.400. The summed E-state index contributed by atoms with van der Waals surface area (Å²) >= 11 is 0. The number of imidazole rings is 1. The van der Waals surface area contributed by atoms with Crippen molar-refractivity contribution < 1.29 is 9.53 Å². The number of aromatic nitrogens is 4. The topological polar surface area (TPSA) is 116 Å². The summed E-state index contributed by atoms with van der Waals surface area (Å²) < 4.78 is 6.54. The fourth-order valence-corrected chi connectivity index (χ4v) is 2.05. The van der Waals surface area contributed by atoms with Crippen LogP contribution in [0.1, 0.15) is 6.42 Å². The van der Waals surface area contributed by atoms with Crippen LogP contribution in [0.4, 0.5) is 5.95 Å². The van der Waals surface area contributed by atoms with Crippen LogP contribution in [-0.4, -0.2) is 32.1 Å². The lowest BCUT2D eigenvalue weighted by Gasteiger charge is -2.06. The predicted octanol–water partition coefficient (Wildman–Crippen LogP) is -0.735. The molecule has 3 N–H and O–H groups in total. The maximum atomic E-state index is 11.6. The molecular formula is C10H11N5O3. The number of aromatic amines is 1. The van der Waals surface area contributed by atoms with Gasteiger partial charge >= 0.3 is 5.97 Å². The summed E-state index contributed by atoms with van der Waals surface area (Å²) in [5.41, 5.74) is 5.71. The van der Waals surface area contributed by atoms with Gasteiger partial charge in [-0.25, -0.2) is 4.98 Å². The molecule has 0 aliphatic carbocycles. The normalized spacial score (nSPS) is 19.3. The fourth-order valence-electron chi connectivity index (χ4n) is 2.05. The highest BCUT2D eigenvalue weighted by Crippen LogP contribution is 2.18. The Morgan fingerprint density at radius 3 is 3.11 bits per heavy atom. The first-order valence-corrected chi connectivity index (χ1v) is 5.52. The molecule has 1 atom stereocenters. The van der Waals surface area contributed by atoms with E-state index in [1.807, 2.05) is 0 Å². The molecule has 0 aromatic carbocycles. The lowest BCUT2D eigenvalue weighted by atomic mass is 10.1. The number of rotatable bonds is 2. The molecule has 3 rings (SSSR count). The first-order chi connectivity index (χ1) is 8.65. The molecule has 0 spiro atoms. The molecule has 0 saturated carbocycles. The average molecular weight is 249 g/mol. The quantitative estimate of drug-likeness (QED) is 0.677. The van der Waals surface area contributed by atoms with Crippen molar-refractivity contribution in [3.05, 3.63) is 16.7 Å². The molecule has 1 fully saturated rings. The molecule has 2 aromatic heterocycles. The van der Waals surface area contributed by atoms with Crippen LogP contribution in [0.3, 0.4) is 0 Å². The number of nitrogens with zero attached hydrogens (tertiary/aromatic N) is 3. The van der Waals surface area contributed by atoms with Crippen molar-refractivity contribution in [3.63, 3.8) is 0 Å². The van der Waals surface area contributed by atoms with Gasteiger partial charge in [-0.2, -0.15) is 4.98 Å². The number of anilines is 1. The number of fused-ring (bicyclic) bond motifs is 1. The number of nitrogens with two attached hydrogens (primary N) is 1. The number of hydrogen-bond acceptors (Lipinski definition) is 6. The van der Waals surface area contributed by atoms with Crippen molar-refractivity contribution in [1.82, 2.24) is 19.5 Å². The Bertz CT molecular complexity index is 674. The lowest BCUT2D eigenvalue weighted by Crippen LogP contribution is -2.17. The monoisotopic (exact) mass is 249 g/mol. The lowest BCUT2D eigenvalue weighted by molar-refractivity contribution is -0.141. The molecule has 0 bridgehead atoms. The van der Waals surface area contributed by atoms with Gasteiger partial charge in [0.25, 0.3) is 5.56 Å². The van der Waals surface area contributed by atoms with Crippen LogP contribution in [-0.2, 0) is 16.1 Å². The minimum Gasteiger partial charge on any atom is -0.465 e. The van der Waals surface area contributed by atoms with Crippen LogP contribution in [0.2, 0.25) is 0 Å². The van der Waals surface area contributed by atoms with E-state index < -0.39 is 0 Å². The largest absolute Gasteiger partial charge is 0.465 e.